The van der Waals surface area contributed by atoms with Crippen molar-refractivity contribution in [2.75, 3.05) is 0 Å². The number of aliphatic hydroxyl groups is 1. The van der Waals surface area contributed by atoms with Crippen LogP contribution < -0.4 is 4.74 Å². The van der Waals surface area contributed by atoms with Crippen molar-refractivity contribution in [3.05, 3.63) is 113 Å². The van der Waals surface area contributed by atoms with Crippen molar-refractivity contribution in [3.63, 3.8) is 0 Å². The number of aromatic nitrogens is 3. The normalized spacial score (nSPS) is 17.2. The molecule has 5 nitrogen and oxygen atoms in total. The molecule has 162 valence electrons. The molecule has 2 aromatic heterocycles. The molecule has 6 heteroatoms. The highest BCUT2D eigenvalue weighted by Crippen LogP contribution is 2.40. The number of nitrogens with zero attached hydrogens (tertiary/aromatic N) is 3. The summed E-state index contributed by atoms with van der Waals surface area (Å²) >= 11 is 6.53. The quantitative estimate of drug-likeness (QED) is 0.366. The first-order chi connectivity index (χ1) is 16.0. The number of rotatable bonds is 1. The maximum atomic E-state index is 12.4. The average molecular weight is 454 g/mol. The Kier molecular flexibility index (Phi) is 4.50. The van der Waals surface area contributed by atoms with Crippen molar-refractivity contribution < 1.29 is 9.84 Å². The molecule has 6 bridgehead atoms. The smallest absolute Gasteiger partial charge is 0.156 e. The predicted octanol–water partition coefficient (Wildman–Crippen LogP) is 5.47. The van der Waals surface area contributed by atoms with Gasteiger partial charge in [-0.3, -0.25) is 4.98 Å². The van der Waals surface area contributed by atoms with E-state index in [4.69, 9.17) is 16.3 Å². The summed E-state index contributed by atoms with van der Waals surface area (Å²) in [6.07, 6.45) is 5.19. The molecule has 1 N–H and O–H groups in total. The van der Waals surface area contributed by atoms with E-state index in [0.717, 1.165) is 38.9 Å². The first kappa shape index (κ1) is 20.0. The van der Waals surface area contributed by atoms with Crippen LogP contribution in [0.15, 0.2) is 85.5 Å². The van der Waals surface area contributed by atoms with Crippen molar-refractivity contribution in [2.45, 2.75) is 12.2 Å². The van der Waals surface area contributed by atoms with Gasteiger partial charge in [-0.25, -0.2) is 4.98 Å². The molecule has 0 aliphatic carbocycles. The number of fused-ring (bicyclic) bond motifs is 6. The lowest BCUT2D eigenvalue weighted by atomic mass is 9.82. The minimum atomic E-state index is -1.46. The van der Waals surface area contributed by atoms with Gasteiger partial charge in [-0.05, 0) is 64.7 Å². The average Bonchev–Trinajstić information content (AvgIpc) is 3.28. The van der Waals surface area contributed by atoms with Gasteiger partial charge >= 0.3 is 0 Å². The second-order valence-corrected chi connectivity index (χ2v) is 8.72. The maximum absolute atomic E-state index is 12.4. The zero-order valence-electron chi connectivity index (χ0n) is 17.9. The van der Waals surface area contributed by atoms with Crippen molar-refractivity contribution in [1.29, 1.82) is 0 Å². The molecule has 33 heavy (non-hydrogen) atoms. The summed E-state index contributed by atoms with van der Waals surface area (Å²) in [6.45, 7) is 0.279. The summed E-state index contributed by atoms with van der Waals surface area (Å²) in [6, 6.07) is 21.4. The fourth-order valence-electron chi connectivity index (χ4n) is 4.62. The topological polar surface area (TPSA) is 60.2 Å². The minimum absolute atomic E-state index is 0.279. The lowest BCUT2D eigenvalue weighted by Crippen LogP contribution is -2.31. The van der Waals surface area contributed by atoms with Gasteiger partial charge in [0, 0.05) is 29.2 Å². The molecule has 0 amide bonds. The van der Waals surface area contributed by atoms with E-state index in [1.807, 2.05) is 72.3 Å². The minimum Gasteiger partial charge on any atom is -0.489 e. The summed E-state index contributed by atoms with van der Waals surface area (Å²) < 4.78 is 7.95. The fourth-order valence-corrected chi connectivity index (χ4v) is 4.79. The first-order valence-corrected chi connectivity index (χ1v) is 11.0. The summed E-state index contributed by atoms with van der Waals surface area (Å²) in [5.74, 6) is 0.747. The monoisotopic (exact) mass is 453 g/mol. The van der Waals surface area contributed by atoms with Gasteiger partial charge in [-0.2, -0.15) is 0 Å². The Labute approximate surface area is 195 Å². The third-order valence-corrected chi connectivity index (χ3v) is 6.72. The Morgan fingerprint density at radius 1 is 1.03 bits per heavy atom. The lowest BCUT2D eigenvalue weighted by molar-refractivity contribution is 0.117. The van der Waals surface area contributed by atoms with E-state index < -0.39 is 5.60 Å². The van der Waals surface area contributed by atoms with E-state index in [0.29, 0.717) is 16.3 Å². The number of benzene rings is 3. The summed E-state index contributed by atoms with van der Waals surface area (Å²) in [7, 11) is 1.88. The summed E-state index contributed by atoms with van der Waals surface area (Å²) in [4.78, 5) is 8.84. The number of hydrogen-bond donors (Lipinski definition) is 1. The molecular weight excluding hydrogens is 434 g/mol. The number of ether oxygens (including phenoxy) is 1. The third-order valence-electron chi connectivity index (χ3n) is 6.35. The molecule has 1 atom stereocenters. The zero-order chi connectivity index (χ0) is 22.6. The van der Waals surface area contributed by atoms with Gasteiger partial charge in [0.05, 0.1) is 23.7 Å². The van der Waals surface area contributed by atoms with Gasteiger partial charge in [0.25, 0.3) is 0 Å². The zero-order valence-corrected chi connectivity index (χ0v) is 18.6. The molecule has 1 aliphatic rings. The van der Waals surface area contributed by atoms with E-state index in [1.165, 1.54) is 0 Å². The van der Waals surface area contributed by atoms with Crippen LogP contribution in [0.25, 0.3) is 22.0 Å². The van der Waals surface area contributed by atoms with Crippen LogP contribution in [0.3, 0.4) is 0 Å². The maximum Gasteiger partial charge on any atom is 0.156 e. The third kappa shape index (κ3) is 3.12. The second-order valence-electron chi connectivity index (χ2n) is 8.31. The number of imidazole rings is 1. The molecule has 3 heterocycles. The SMILES string of the molecule is Cn1cncc1C1(O)c2ccc(Cl)c(c2)COc2cccc(c2)-c2ccnc3ccc1cc23. The number of aryl methyl sites for hydroxylation is 1. The highest BCUT2D eigenvalue weighted by molar-refractivity contribution is 6.31. The molecule has 0 saturated heterocycles. The van der Waals surface area contributed by atoms with Crippen LogP contribution >= 0.6 is 11.6 Å². The van der Waals surface area contributed by atoms with Crippen molar-refractivity contribution in [3.8, 4) is 16.9 Å². The summed E-state index contributed by atoms with van der Waals surface area (Å²) in [5, 5.41) is 13.9. The highest BCUT2D eigenvalue weighted by Gasteiger charge is 2.37. The van der Waals surface area contributed by atoms with Crippen LogP contribution in [0.1, 0.15) is 22.4 Å². The van der Waals surface area contributed by atoms with Gasteiger partial charge in [-0.1, -0.05) is 35.9 Å². The number of pyridine rings is 1. The van der Waals surface area contributed by atoms with Crippen LogP contribution in [-0.4, -0.2) is 19.6 Å². The van der Waals surface area contributed by atoms with Crippen molar-refractivity contribution in [1.82, 2.24) is 14.5 Å². The molecule has 1 unspecified atom stereocenters. The van der Waals surface area contributed by atoms with E-state index >= 15 is 0 Å². The van der Waals surface area contributed by atoms with Gasteiger partial charge in [-0.15, -0.1) is 0 Å². The van der Waals surface area contributed by atoms with Gasteiger partial charge in [0.1, 0.15) is 12.4 Å². The molecule has 1 aliphatic heterocycles. The van der Waals surface area contributed by atoms with Gasteiger partial charge in [0.15, 0.2) is 5.60 Å². The molecule has 3 aromatic carbocycles. The Morgan fingerprint density at radius 2 is 1.88 bits per heavy atom. The molecule has 5 aromatic rings. The molecule has 0 radical (unpaired) electrons. The molecule has 0 spiro atoms. The first-order valence-electron chi connectivity index (χ1n) is 10.6. The second kappa shape index (κ2) is 7.44. The fraction of sp³-hybridized carbons (Fsp3) is 0.111. The number of hydrogen-bond acceptors (Lipinski definition) is 4. The van der Waals surface area contributed by atoms with Crippen molar-refractivity contribution >= 4 is 22.5 Å². The summed E-state index contributed by atoms with van der Waals surface area (Å²) in [5.41, 5.74) is 4.26. The Bertz CT molecular complexity index is 1530. The molecule has 0 saturated carbocycles. The molecular formula is C27H20ClN3O2. The van der Waals surface area contributed by atoms with Gasteiger partial charge in [0.2, 0.25) is 0 Å². The lowest BCUT2D eigenvalue weighted by Gasteiger charge is -2.30. The Hall–Kier alpha value is -3.67. The predicted molar refractivity (Wildman–Crippen MR) is 128 cm³/mol. The van der Waals surface area contributed by atoms with E-state index in [2.05, 4.69) is 9.97 Å². The molecule has 0 fully saturated rings. The largest absolute Gasteiger partial charge is 0.489 e. The highest BCUT2D eigenvalue weighted by atomic mass is 35.5. The number of halogens is 1. The Balaban J connectivity index is 1.73. The Morgan fingerprint density at radius 3 is 2.73 bits per heavy atom. The van der Waals surface area contributed by atoms with E-state index in [-0.39, 0.29) is 6.61 Å². The molecule has 6 rings (SSSR count). The van der Waals surface area contributed by atoms with E-state index in [9.17, 15) is 5.11 Å². The van der Waals surface area contributed by atoms with Crippen LogP contribution in [0.5, 0.6) is 5.75 Å². The van der Waals surface area contributed by atoms with Crippen LogP contribution in [0, 0.1) is 0 Å². The van der Waals surface area contributed by atoms with E-state index in [1.54, 1.807) is 24.8 Å². The van der Waals surface area contributed by atoms with Crippen LogP contribution in [0.2, 0.25) is 5.02 Å². The van der Waals surface area contributed by atoms with Gasteiger partial charge < -0.3 is 14.4 Å². The van der Waals surface area contributed by atoms with Crippen molar-refractivity contribution in [2.24, 2.45) is 7.05 Å². The van der Waals surface area contributed by atoms with Crippen LogP contribution in [-0.2, 0) is 19.3 Å². The van der Waals surface area contributed by atoms with Crippen LogP contribution in [0.4, 0.5) is 0 Å². The standard InChI is InChI=1S/C27H20ClN3O2/c1-31-16-29-14-26(31)27(32)19-5-7-24(28)18(11-19)15-33-21-4-2-3-17(12-21)22-9-10-30-25-8-6-20(27)13-23(22)25/h2-14,16,32H,15H2,1H3.